The van der Waals surface area contributed by atoms with Crippen molar-refractivity contribution in [3.8, 4) is 0 Å². The highest BCUT2D eigenvalue weighted by molar-refractivity contribution is 14.1. The summed E-state index contributed by atoms with van der Waals surface area (Å²) in [6.07, 6.45) is 1.59. The van der Waals surface area contributed by atoms with E-state index in [0.717, 1.165) is 9.13 Å². The average Bonchev–Trinajstić information content (AvgIpc) is 2.70. The quantitative estimate of drug-likeness (QED) is 0.266. The van der Waals surface area contributed by atoms with Crippen molar-refractivity contribution in [2.24, 2.45) is 5.10 Å². The van der Waals surface area contributed by atoms with Crippen LogP contribution < -0.4 is 10.7 Å². The Hall–Kier alpha value is -2.52. The summed E-state index contributed by atoms with van der Waals surface area (Å²) in [5.74, 6) is -0.722. The van der Waals surface area contributed by atoms with Crippen LogP contribution in [-0.4, -0.2) is 18.0 Å². The molecule has 3 aromatic rings. The summed E-state index contributed by atoms with van der Waals surface area (Å²) in [4.78, 5) is 25.1. The molecule has 3 rings (SSSR count). The van der Waals surface area contributed by atoms with Gasteiger partial charge in [-0.15, -0.1) is 0 Å². The molecule has 0 aliphatic carbocycles. The van der Waals surface area contributed by atoms with Gasteiger partial charge in [0.05, 0.1) is 23.0 Å². The zero-order valence-corrected chi connectivity index (χ0v) is 18.3. The van der Waals surface area contributed by atoms with Crippen molar-refractivity contribution in [3.05, 3.63) is 97.5 Å². The van der Waals surface area contributed by atoms with E-state index in [9.17, 15) is 9.59 Å². The molecule has 0 atom stereocenters. The molecule has 2 N–H and O–H groups in total. The number of hydrazone groups is 1. The number of rotatable bonds is 5. The second-order valence-electron chi connectivity index (χ2n) is 5.70. The van der Waals surface area contributed by atoms with Crippen LogP contribution in [0.3, 0.4) is 0 Å². The van der Waals surface area contributed by atoms with Gasteiger partial charge in [-0.25, -0.2) is 5.43 Å². The molecule has 0 aliphatic heterocycles. The largest absolute Gasteiger partial charge is 0.321 e. The molecule has 0 heterocycles. The molecule has 0 aliphatic rings. The van der Waals surface area contributed by atoms with Gasteiger partial charge in [-0.3, -0.25) is 9.59 Å². The van der Waals surface area contributed by atoms with E-state index in [4.69, 9.17) is 0 Å². The second kappa shape index (κ2) is 9.61. The molecule has 2 amide bonds. The minimum atomic E-state index is -0.412. The predicted octanol–water partition coefficient (Wildman–Crippen LogP) is 5.07. The van der Waals surface area contributed by atoms with Gasteiger partial charge in [-0.1, -0.05) is 42.5 Å². The number of nitrogens with one attached hydrogen (secondary N) is 2. The first kappa shape index (κ1) is 20.2. The molecular weight excluding hydrogens is 533 g/mol. The first-order valence-corrected chi connectivity index (χ1v) is 10.2. The van der Waals surface area contributed by atoms with Crippen molar-refractivity contribution >= 4 is 62.2 Å². The zero-order chi connectivity index (χ0) is 19.9. The molecule has 0 fully saturated rings. The van der Waals surface area contributed by atoms with Crippen LogP contribution in [0.1, 0.15) is 26.3 Å². The summed E-state index contributed by atoms with van der Waals surface area (Å²) < 4.78 is 1.70. The third-order valence-corrected chi connectivity index (χ3v) is 5.49. The molecule has 140 valence electrons. The highest BCUT2D eigenvalue weighted by atomic mass is 127. The minimum absolute atomic E-state index is 0.310. The van der Waals surface area contributed by atoms with E-state index < -0.39 is 5.91 Å². The van der Waals surface area contributed by atoms with Gasteiger partial charge in [-0.05, 0) is 68.9 Å². The lowest BCUT2D eigenvalue weighted by Gasteiger charge is -2.10. The molecule has 0 bridgehead atoms. The molecule has 28 heavy (non-hydrogen) atoms. The van der Waals surface area contributed by atoms with Crippen LogP contribution in [-0.2, 0) is 0 Å². The first-order valence-electron chi connectivity index (χ1n) is 8.29. The van der Waals surface area contributed by atoms with E-state index in [1.807, 2.05) is 30.3 Å². The number of hydrogen-bond donors (Lipinski definition) is 2. The fourth-order valence-electron chi connectivity index (χ4n) is 2.43. The maximum absolute atomic E-state index is 12.5. The second-order valence-corrected chi connectivity index (χ2v) is 7.72. The average molecular weight is 548 g/mol. The summed E-state index contributed by atoms with van der Waals surface area (Å²) in [6.45, 7) is 0. The van der Waals surface area contributed by atoms with Gasteiger partial charge >= 0.3 is 0 Å². The third-order valence-electron chi connectivity index (χ3n) is 3.81. The van der Waals surface area contributed by atoms with Gasteiger partial charge in [0.15, 0.2) is 0 Å². The number of hydrogen-bond acceptors (Lipinski definition) is 3. The molecule has 5 nitrogen and oxygen atoms in total. The highest BCUT2D eigenvalue weighted by Gasteiger charge is 2.15. The molecule has 0 spiro atoms. The van der Waals surface area contributed by atoms with E-state index in [0.29, 0.717) is 21.3 Å². The number of anilines is 1. The Bertz CT molecular complexity index is 1050. The van der Waals surface area contributed by atoms with Gasteiger partial charge < -0.3 is 5.32 Å². The van der Waals surface area contributed by atoms with Gasteiger partial charge in [0.1, 0.15) is 0 Å². The predicted molar refractivity (Wildman–Crippen MR) is 123 cm³/mol. The van der Waals surface area contributed by atoms with E-state index in [1.165, 1.54) is 0 Å². The monoisotopic (exact) mass is 547 g/mol. The number of para-hydroxylation sites is 1. The normalized spacial score (nSPS) is 10.6. The van der Waals surface area contributed by atoms with Crippen LogP contribution in [0, 0.1) is 3.57 Å². The topological polar surface area (TPSA) is 70.6 Å². The van der Waals surface area contributed by atoms with Gasteiger partial charge in [-0.2, -0.15) is 5.10 Å². The van der Waals surface area contributed by atoms with Crippen molar-refractivity contribution < 1.29 is 9.59 Å². The number of amides is 2. The van der Waals surface area contributed by atoms with Crippen molar-refractivity contribution in [2.75, 3.05) is 5.32 Å². The van der Waals surface area contributed by atoms with Gasteiger partial charge in [0.25, 0.3) is 11.8 Å². The summed E-state index contributed by atoms with van der Waals surface area (Å²) in [6, 6.07) is 21.6. The molecule has 0 saturated heterocycles. The summed E-state index contributed by atoms with van der Waals surface area (Å²) in [5.41, 5.74) is 4.62. The van der Waals surface area contributed by atoms with Crippen LogP contribution >= 0.6 is 38.5 Å². The van der Waals surface area contributed by atoms with E-state index in [-0.39, 0.29) is 5.91 Å². The minimum Gasteiger partial charge on any atom is -0.321 e. The Morgan fingerprint density at radius 2 is 1.50 bits per heavy atom. The van der Waals surface area contributed by atoms with Crippen LogP contribution in [0.2, 0.25) is 0 Å². The van der Waals surface area contributed by atoms with Crippen molar-refractivity contribution in [3.63, 3.8) is 0 Å². The Balaban J connectivity index is 1.74. The standard InChI is InChI=1S/C21H15BrIN3O2/c22-17-10-4-2-8-15(17)20(27)25-19-12-6-3-9-16(19)21(28)26-24-13-14-7-1-5-11-18(14)23/h1-13H,(H,25,27)(H,26,28). The number of carbonyl (C=O) groups is 2. The maximum Gasteiger partial charge on any atom is 0.273 e. The summed E-state index contributed by atoms with van der Waals surface area (Å²) in [5, 5.41) is 6.80. The molecular formula is C21H15BrIN3O2. The Kier molecular flexibility index (Phi) is 6.94. The number of carbonyl (C=O) groups excluding carboxylic acids is 2. The lowest BCUT2D eigenvalue weighted by Crippen LogP contribution is -2.21. The third kappa shape index (κ3) is 5.05. The molecule has 3 aromatic carbocycles. The summed E-state index contributed by atoms with van der Waals surface area (Å²) >= 11 is 5.56. The first-order chi connectivity index (χ1) is 13.6. The lowest BCUT2D eigenvalue weighted by molar-refractivity contribution is 0.0956. The van der Waals surface area contributed by atoms with Crippen LogP contribution in [0.15, 0.2) is 82.4 Å². The fraction of sp³-hybridized carbons (Fsp3) is 0. The van der Waals surface area contributed by atoms with Gasteiger partial charge in [0, 0.05) is 13.6 Å². The lowest BCUT2D eigenvalue weighted by atomic mass is 10.1. The van der Waals surface area contributed by atoms with E-state index in [1.54, 1.807) is 48.7 Å². The van der Waals surface area contributed by atoms with Crippen molar-refractivity contribution in [1.82, 2.24) is 5.43 Å². The fourth-order valence-corrected chi connectivity index (χ4v) is 3.42. The Morgan fingerprint density at radius 1 is 0.857 bits per heavy atom. The molecule has 0 aromatic heterocycles. The van der Waals surface area contributed by atoms with Crippen LogP contribution in [0.4, 0.5) is 5.69 Å². The van der Waals surface area contributed by atoms with E-state index >= 15 is 0 Å². The smallest absolute Gasteiger partial charge is 0.273 e. The van der Waals surface area contributed by atoms with Gasteiger partial charge in [0.2, 0.25) is 0 Å². The van der Waals surface area contributed by atoms with E-state index in [2.05, 4.69) is 54.4 Å². The maximum atomic E-state index is 12.5. The SMILES string of the molecule is O=C(Nc1ccccc1C(=O)NN=Cc1ccccc1I)c1ccccc1Br. The molecule has 0 radical (unpaired) electrons. The Morgan fingerprint density at radius 3 is 2.25 bits per heavy atom. The molecule has 0 unspecified atom stereocenters. The van der Waals surface area contributed by atoms with Crippen LogP contribution in [0.5, 0.6) is 0 Å². The Labute approximate surface area is 184 Å². The molecule has 7 heteroatoms. The van der Waals surface area contributed by atoms with Crippen molar-refractivity contribution in [1.29, 1.82) is 0 Å². The van der Waals surface area contributed by atoms with Crippen molar-refractivity contribution in [2.45, 2.75) is 0 Å². The molecule has 0 saturated carbocycles. The highest BCUT2D eigenvalue weighted by Crippen LogP contribution is 2.20. The van der Waals surface area contributed by atoms with Crippen LogP contribution in [0.25, 0.3) is 0 Å². The number of nitrogens with zero attached hydrogens (tertiary/aromatic N) is 1. The zero-order valence-electron chi connectivity index (χ0n) is 14.5. The number of benzene rings is 3. The summed E-state index contributed by atoms with van der Waals surface area (Å²) in [7, 11) is 0. The number of halogens is 2.